The molecule has 1 aliphatic rings. The monoisotopic (exact) mass is 394 g/mol. The van der Waals surface area contributed by atoms with Crippen molar-refractivity contribution in [3.8, 4) is 0 Å². The Bertz CT molecular complexity index is 809. The van der Waals surface area contributed by atoms with Crippen LogP contribution in [0.5, 0.6) is 0 Å². The van der Waals surface area contributed by atoms with Crippen molar-refractivity contribution in [1.82, 2.24) is 14.3 Å². The first-order valence-electron chi connectivity index (χ1n) is 8.77. The van der Waals surface area contributed by atoms with Crippen molar-refractivity contribution in [2.45, 2.75) is 19.3 Å². The predicted molar refractivity (Wildman–Crippen MR) is 104 cm³/mol. The molecule has 3 rings (SSSR count). The van der Waals surface area contributed by atoms with E-state index in [-0.39, 0.29) is 5.75 Å². The van der Waals surface area contributed by atoms with Crippen molar-refractivity contribution < 1.29 is 8.42 Å². The Morgan fingerprint density at radius 3 is 2.50 bits per heavy atom. The highest BCUT2D eigenvalue weighted by atomic mass is 35.5. The summed E-state index contributed by atoms with van der Waals surface area (Å²) in [6, 6.07) is 9.73. The maximum Gasteiger partial charge on any atom is 0.214 e. The van der Waals surface area contributed by atoms with E-state index in [9.17, 15) is 8.42 Å². The molecule has 1 N–H and O–H groups in total. The van der Waals surface area contributed by atoms with Gasteiger partial charge in [0.25, 0.3) is 0 Å². The fraction of sp³-hybridized carbons (Fsp3) is 0.444. The zero-order valence-electron chi connectivity index (χ0n) is 14.5. The van der Waals surface area contributed by atoms with E-state index < -0.39 is 10.0 Å². The zero-order valence-corrected chi connectivity index (χ0v) is 16.1. The highest BCUT2D eigenvalue weighted by Gasteiger charge is 2.27. The van der Waals surface area contributed by atoms with Crippen molar-refractivity contribution in [2.75, 3.05) is 30.7 Å². The molecule has 1 aromatic heterocycles. The minimum atomic E-state index is -3.21. The average Bonchev–Trinajstić information content (AvgIpc) is 2.67. The third-order valence-electron chi connectivity index (χ3n) is 4.67. The smallest absolute Gasteiger partial charge is 0.214 e. The normalized spacial score (nSPS) is 16.5. The van der Waals surface area contributed by atoms with Crippen LogP contribution in [0, 0.1) is 5.92 Å². The average molecular weight is 395 g/mol. The van der Waals surface area contributed by atoms with E-state index in [1.807, 2.05) is 30.3 Å². The number of halogens is 1. The molecular formula is C18H23ClN4O2S. The second-order valence-electron chi connectivity index (χ2n) is 6.47. The van der Waals surface area contributed by atoms with Gasteiger partial charge in [-0.3, -0.25) is 0 Å². The molecule has 6 nitrogen and oxygen atoms in total. The van der Waals surface area contributed by atoms with Crippen LogP contribution in [-0.4, -0.2) is 48.1 Å². The Morgan fingerprint density at radius 2 is 1.81 bits per heavy atom. The van der Waals surface area contributed by atoms with Gasteiger partial charge in [0.1, 0.15) is 0 Å². The number of sulfonamides is 1. The van der Waals surface area contributed by atoms with Gasteiger partial charge in [-0.2, -0.15) is 0 Å². The molecule has 140 valence electrons. The molecule has 1 aromatic carbocycles. The molecule has 0 amide bonds. The van der Waals surface area contributed by atoms with Gasteiger partial charge in [-0.1, -0.05) is 41.9 Å². The lowest BCUT2D eigenvalue weighted by atomic mass is 9.98. The lowest BCUT2D eigenvalue weighted by Gasteiger charge is -2.31. The summed E-state index contributed by atoms with van der Waals surface area (Å²) in [6.07, 6.45) is 5.35. The summed E-state index contributed by atoms with van der Waals surface area (Å²) in [6.45, 7) is 1.85. The molecular weight excluding hydrogens is 372 g/mol. The summed E-state index contributed by atoms with van der Waals surface area (Å²) in [5.41, 5.74) is 1.05. The molecule has 0 bridgehead atoms. The van der Waals surface area contributed by atoms with E-state index >= 15 is 0 Å². The number of nitrogens with one attached hydrogen (secondary N) is 1. The summed E-state index contributed by atoms with van der Waals surface area (Å²) >= 11 is 5.99. The van der Waals surface area contributed by atoms with Crippen molar-refractivity contribution in [3.63, 3.8) is 0 Å². The molecule has 1 aliphatic heterocycles. The van der Waals surface area contributed by atoms with Crippen LogP contribution < -0.4 is 5.32 Å². The summed E-state index contributed by atoms with van der Waals surface area (Å²) in [5, 5.41) is 3.56. The molecule has 1 saturated heterocycles. The number of nitrogens with zero attached hydrogens (tertiary/aromatic N) is 3. The molecule has 0 spiro atoms. The molecule has 0 radical (unpaired) electrons. The first kappa shape index (κ1) is 19.1. The van der Waals surface area contributed by atoms with E-state index in [0.29, 0.717) is 36.4 Å². The van der Waals surface area contributed by atoms with Crippen LogP contribution in [0.15, 0.2) is 42.7 Å². The van der Waals surface area contributed by atoms with E-state index in [2.05, 4.69) is 15.3 Å². The number of aryl methyl sites for hydroxylation is 1. The Balaban J connectivity index is 1.46. The van der Waals surface area contributed by atoms with Crippen molar-refractivity contribution in [3.05, 3.63) is 53.4 Å². The van der Waals surface area contributed by atoms with Crippen LogP contribution in [0.1, 0.15) is 18.4 Å². The number of rotatable bonds is 7. The lowest BCUT2D eigenvalue weighted by molar-refractivity contribution is 0.282. The Hall–Kier alpha value is -1.70. The second-order valence-corrected chi connectivity index (χ2v) is 8.92. The van der Waals surface area contributed by atoms with Gasteiger partial charge in [-0.15, -0.1) is 0 Å². The van der Waals surface area contributed by atoms with Crippen LogP contribution in [0.4, 0.5) is 5.82 Å². The van der Waals surface area contributed by atoms with E-state index in [1.165, 1.54) is 0 Å². The maximum absolute atomic E-state index is 12.6. The zero-order chi connectivity index (χ0) is 18.4. The number of benzene rings is 1. The van der Waals surface area contributed by atoms with E-state index in [4.69, 9.17) is 11.6 Å². The summed E-state index contributed by atoms with van der Waals surface area (Å²) < 4.78 is 26.8. The largest absolute Gasteiger partial charge is 0.367 e. The molecule has 2 heterocycles. The molecule has 2 aromatic rings. The number of hydrogen-bond donors (Lipinski definition) is 1. The van der Waals surface area contributed by atoms with Crippen molar-refractivity contribution >= 4 is 27.4 Å². The van der Waals surface area contributed by atoms with Crippen LogP contribution in [-0.2, 0) is 16.4 Å². The topological polar surface area (TPSA) is 75.2 Å². The fourth-order valence-electron chi connectivity index (χ4n) is 3.09. The number of anilines is 1. The van der Waals surface area contributed by atoms with Crippen molar-refractivity contribution in [1.29, 1.82) is 0 Å². The summed E-state index contributed by atoms with van der Waals surface area (Å²) in [7, 11) is -3.21. The first-order chi connectivity index (χ1) is 12.5. The van der Waals surface area contributed by atoms with Gasteiger partial charge in [0.05, 0.1) is 5.75 Å². The predicted octanol–water partition coefficient (Wildman–Crippen LogP) is 2.83. The quantitative estimate of drug-likeness (QED) is 0.781. The van der Waals surface area contributed by atoms with Gasteiger partial charge in [0.15, 0.2) is 11.0 Å². The molecule has 26 heavy (non-hydrogen) atoms. The third kappa shape index (κ3) is 5.16. The standard InChI is InChI=1S/C18H23ClN4O2S/c19-17-18(21-10-9-20-17)22-14-16-6-11-23(12-7-16)26(24,25)13-8-15-4-2-1-3-5-15/h1-5,9-10,16H,6-8,11-14H2,(H,21,22). The van der Waals surface area contributed by atoms with Gasteiger partial charge >= 0.3 is 0 Å². The van der Waals surface area contributed by atoms with Crippen molar-refractivity contribution in [2.24, 2.45) is 5.92 Å². The van der Waals surface area contributed by atoms with Gasteiger partial charge in [0, 0.05) is 32.0 Å². The maximum atomic E-state index is 12.6. The molecule has 1 fully saturated rings. The number of piperidine rings is 1. The van der Waals surface area contributed by atoms with E-state index in [0.717, 1.165) is 24.9 Å². The van der Waals surface area contributed by atoms with E-state index in [1.54, 1.807) is 16.7 Å². The molecule has 0 unspecified atom stereocenters. The second kappa shape index (κ2) is 8.79. The van der Waals surface area contributed by atoms with Gasteiger partial charge in [0.2, 0.25) is 10.0 Å². The fourth-order valence-corrected chi connectivity index (χ4v) is 4.78. The Morgan fingerprint density at radius 1 is 1.12 bits per heavy atom. The van der Waals surface area contributed by atoms with Crippen LogP contribution in [0.3, 0.4) is 0 Å². The third-order valence-corrected chi connectivity index (χ3v) is 6.82. The molecule has 0 saturated carbocycles. The summed E-state index contributed by atoms with van der Waals surface area (Å²) in [5.74, 6) is 1.13. The lowest BCUT2D eigenvalue weighted by Crippen LogP contribution is -2.41. The minimum absolute atomic E-state index is 0.162. The van der Waals surface area contributed by atoms with Gasteiger partial charge < -0.3 is 5.32 Å². The Kier molecular flexibility index (Phi) is 6.45. The number of aromatic nitrogens is 2. The highest BCUT2D eigenvalue weighted by molar-refractivity contribution is 7.89. The van der Waals surface area contributed by atoms with Crippen LogP contribution >= 0.6 is 11.6 Å². The van der Waals surface area contributed by atoms with Gasteiger partial charge in [-0.05, 0) is 30.7 Å². The molecule has 0 atom stereocenters. The Labute approximate surface area is 159 Å². The minimum Gasteiger partial charge on any atom is -0.367 e. The van der Waals surface area contributed by atoms with Crippen LogP contribution in [0.25, 0.3) is 0 Å². The molecule has 0 aliphatic carbocycles. The molecule has 8 heteroatoms. The van der Waals surface area contributed by atoms with Gasteiger partial charge in [-0.25, -0.2) is 22.7 Å². The highest BCUT2D eigenvalue weighted by Crippen LogP contribution is 2.22. The first-order valence-corrected chi connectivity index (χ1v) is 10.8. The number of hydrogen-bond acceptors (Lipinski definition) is 5. The summed E-state index contributed by atoms with van der Waals surface area (Å²) in [4.78, 5) is 8.14. The van der Waals surface area contributed by atoms with Crippen LogP contribution in [0.2, 0.25) is 5.15 Å². The SMILES string of the molecule is O=S(=O)(CCc1ccccc1)N1CCC(CNc2nccnc2Cl)CC1.